The van der Waals surface area contributed by atoms with E-state index in [0.717, 1.165) is 0 Å². The minimum absolute atomic E-state index is 0.172. The fraction of sp³-hybridized carbons (Fsp3) is 0.625. The Bertz CT molecular complexity index is 717. The van der Waals surface area contributed by atoms with E-state index in [-0.39, 0.29) is 12.0 Å². The van der Waals surface area contributed by atoms with Crippen LogP contribution < -0.4 is 5.56 Å². The molecule has 9 heteroatoms. The molecule has 8 nitrogen and oxygen atoms in total. The molecule has 1 aromatic heterocycles. The van der Waals surface area contributed by atoms with Crippen LogP contribution in [0.15, 0.2) is 21.5 Å². The van der Waals surface area contributed by atoms with Gasteiger partial charge in [0.2, 0.25) is 0 Å². The standard InChI is InChI=1S/C16H22BrN3O5/c1-16(2,3)25-15(22)18-6-4-11(5-7-18)9-19-10-12(17)8-13(14(19)21)20(23)24/h8,10-11H,4-7,9H2,1-3H3. The number of ether oxygens (including phenoxy) is 1. The topological polar surface area (TPSA) is 94.7 Å². The minimum atomic E-state index is -0.672. The average Bonchev–Trinajstić information content (AvgIpc) is 2.49. The third-order valence-electron chi connectivity index (χ3n) is 3.95. The van der Waals surface area contributed by atoms with Crippen molar-refractivity contribution >= 4 is 27.7 Å². The summed E-state index contributed by atoms with van der Waals surface area (Å²) in [5.74, 6) is 0.172. The lowest BCUT2D eigenvalue weighted by Gasteiger charge is -2.33. The van der Waals surface area contributed by atoms with Gasteiger partial charge in [-0.2, -0.15) is 0 Å². The second kappa shape index (κ2) is 7.55. The molecule has 1 aliphatic rings. The second-order valence-electron chi connectivity index (χ2n) is 7.17. The summed E-state index contributed by atoms with van der Waals surface area (Å²) >= 11 is 3.20. The number of nitro groups is 1. The van der Waals surface area contributed by atoms with Crippen LogP contribution in [0.25, 0.3) is 0 Å². The van der Waals surface area contributed by atoms with Crippen LogP contribution in [0.1, 0.15) is 33.6 Å². The van der Waals surface area contributed by atoms with Gasteiger partial charge >= 0.3 is 17.3 Å². The molecule has 1 fully saturated rings. The Kier molecular flexibility index (Phi) is 5.87. The normalized spacial score (nSPS) is 15.9. The summed E-state index contributed by atoms with van der Waals surface area (Å²) in [5, 5.41) is 11.0. The Labute approximate surface area is 154 Å². The van der Waals surface area contributed by atoms with E-state index in [0.29, 0.717) is 36.9 Å². The summed E-state index contributed by atoms with van der Waals surface area (Å²) in [5.41, 5.74) is -1.58. The number of rotatable bonds is 3. The van der Waals surface area contributed by atoms with Crippen molar-refractivity contribution < 1.29 is 14.5 Å². The van der Waals surface area contributed by atoms with Crippen molar-refractivity contribution in [1.29, 1.82) is 0 Å². The summed E-state index contributed by atoms with van der Waals surface area (Å²) in [6, 6.07) is 1.21. The summed E-state index contributed by atoms with van der Waals surface area (Å²) in [6.07, 6.45) is 2.66. The number of likely N-dealkylation sites (tertiary alicyclic amines) is 1. The molecule has 2 heterocycles. The van der Waals surface area contributed by atoms with Crippen molar-refractivity contribution in [3.63, 3.8) is 0 Å². The third-order valence-corrected chi connectivity index (χ3v) is 4.39. The Morgan fingerprint density at radius 2 is 2.00 bits per heavy atom. The maximum absolute atomic E-state index is 12.2. The van der Waals surface area contributed by atoms with Gasteiger partial charge in [0.05, 0.1) is 4.92 Å². The average molecular weight is 416 g/mol. The maximum atomic E-state index is 12.2. The molecular formula is C16H22BrN3O5. The zero-order valence-corrected chi connectivity index (χ0v) is 16.1. The Balaban J connectivity index is 2.00. The number of halogens is 1. The first kappa shape index (κ1) is 19.4. The smallest absolute Gasteiger partial charge is 0.410 e. The van der Waals surface area contributed by atoms with E-state index in [1.165, 1.54) is 10.6 Å². The highest BCUT2D eigenvalue weighted by molar-refractivity contribution is 9.10. The van der Waals surface area contributed by atoms with E-state index in [1.54, 1.807) is 11.1 Å². The lowest BCUT2D eigenvalue weighted by molar-refractivity contribution is -0.386. The summed E-state index contributed by atoms with van der Waals surface area (Å²) < 4.78 is 7.22. The van der Waals surface area contributed by atoms with Gasteiger partial charge in [-0.3, -0.25) is 14.9 Å². The predicted molar refractivity (Wildman–Crippen MR) is 95.6 cm³/mol. The third kappa shape index (κ3) is 5.29. The van der Waals surface area contributed by atoms with Gasteiger partial charge in [0.25, 0.3) is 0 Å². The van der Waals surface area contributed by atoms with E-state index in [1.807, 2.05) is 20.8 Å². The second-order valence-corrected chi connectivity index (χ2v) is 8.08. The SMILES string of the molecule is CC(C)(C)OC(=O)N1CCC(Cn2cc(Br)cc([N+](=O)[O-])c2=O)CC1. The van der Waals surface area contributed by atoms with Gasteiger partial charge in [-0.05, 0) is 55.5 Å². The number of piperidine rings is 1. The predicted octanol–water partition coefficient (Wildman–Crippen LogP) is 3.17. The molecule has 0 atom stereocenters. The number of carbonyl (C=O) groups is 1. The van der Waals surface area contributed by atoms with Crippen LogP contribution in [-0.4, -0.2) is 39.2 Å². The fourth-order valence-corrected chi connectivity index (χ4v) is 3.22. The molecule has 1 saturated heterocycles. The minimum Gasteiger partial charge on any atom is -0.444 e. The molecule has 2 rings (SSSR count). The molecule has 0 unspecified atom stereocenters. The highest BCUT2D eigenvalue weighted by Gasteiger charge is 2.27. The number of hydrogen-bond acceptors (Lipinski definition) is 5. The number of hydrogen-bond donors (Lipinski definition) is 0. The van der Waals surface area contributed by atoms with Gasteiger partial charge in [0.15, 0.2) is 0 Å². The number of carbonyl (C=O) groups excluding carboxylic acids is 1. The fourth-order valence-electron chi connectivity index (χ4n) is 2.75. The molecule has 0 bridgehead atoms. The largest absolute Gasteiger partial charge is 0.444 e. The van der Waals surface area contributed by atoms with Crippen LogP contribution in [0.2, 0.25) is 0 Å². The first-order valence-electron chi connectivity index (χ1n) is 8.09. The molecule has 1 amide bonds. The Hall–Kier alpha value is -1.90. The van der Waals surface area contributed by atoms with Gasteiger partial charge in [0.1, 0.15) is 5.60 Å². The quantitative estimate of drug-likeness (QED) is 0.557. The van der Waals surface area contributed by atoms with Crippen molar-refractivity contribution in [2.24, 2.45) is 5.92 Å². The molecular weight excluding hydrogens is 394 g/mol. The molecule has 25 heavy (non-hydrogen) atoms. The Morgan fingerprint density at radius 3 is 2.52 bits per heavy atom. The van der Waals surface area contributed by atoms with Crippen LogP contribution in [-0.2, 0) is 11.3 Å². The van der Waals surface area contributed by atoms with E-state index in [4.69, 9.17) is 4.74 Å². The van der Waals surface area contributed by atoms with E-state index < -0.39 is 21.8 Å². The Morgan fingerprint density at radius 1 is 1.40 bits per heavy atom. The molecule has 0 saturated carbocycles. The lowest BCUT2D eigenvalue weighted by atomic mass is 9.97. The zero-order valence-electron chi connectivity index (χ0n) is 14.5. The molecule has 0 N–H and O–H groups in total. The van der Waals surface area contributed by atoms with Crippen molar-refractivity contribution in [3.8, 4) is 0 Å². The molecule has 138 valence electrons. The van der Waals surface area contributed by atoms with E-state index in [9.17, 15) is 19.7 Å². The zero-order chi connectivity index (χ0) is 18.8. The van der Waals surface area contributed by atoms with Gasteiger partial charge in [-0.15, -0.1) is 0 Å². The van der Waals surface area contributed by atoms with Crippen molar-refractivity contribution in [2.75, 3.05) is 13.1 Å². The number of amides is 1. The molecule has 0 aromatic carbocycles. The molecule has 0 radical (unpaired) electrons. The van der Waals surface area contributed by atoms with Crippen LogP contribution in [0.3, 0.4) is 0 Å². The van der Waals surface area contributed by atoms with Crippen LogP contribution >= 0.6 is 15.9 Å². The van der Waals surface area contributed by atoms with Crippen LogP contribution in [0.4, 0.5) is 10.5 Å². The number of aromatic nitrogens is 1. The first-order chi connectivity index (χ1) is 11.6. The monoisotopic (exact) mass is 415 g/mol. The van der Waals surface area contributed by atoms with Crippen molar-refractivity contribution in [2.45, 2.75) is 45.8 Å². The van der Waals surface area contributed by atoms with Crippen LogP contribution in [0, 0.1) is 16.0 Å². The maximum Gasteiger partial charge on any atom is 0.410 e. The summed E-state index contributed by atoms with van der Waals surface area (Å²) in [6.45, 7) is 6.95. The van der Waals surface area contributed by atoms with Crippen LogP contribution in [0.5, 0.6) is 0 Å². The van der Waals surface area contributed by atoms with E-state index >= 15 is 0 Å². The van der Waals surface area contributed by atoms with Gasteiger partial charge < -0.3 is 14.2 Å². The van der Waals surface area contributed by atoms with Crippen molar-refractivity contribution in [3.05, 3.63) is 37.2 Å². The summed E-state index contributed by atoms with van der Waals surface area (Å²) in [7, 11) is 0. The molecule has 0 spiro atoms. The first-order valence-corrected chi connectivity index (χ1v) is 8.88. The number of pyridine rings is 1. The molecule has 1 aromatic rings. The highest BCUT2D eigenvalue weighted by atomic mass is 79.9. The van der Waals surface area contributed by atoms with E-state index in [2.05, 4.69) is 15.9 Å². The van der Waals surface area contributed by atoms with Crippen molar-refractivity contribution in [1.82, 2.24) is 9.47 Å². The van der Waals surface area contributed by atoms with Gasteiger partial charge in [0, 0.05) is 36.4 Å². The summed E-state index contributed by atoms with van der Waals surface area (Å²) in [4.78, 5) is 36.2. The number of nitrogens with zero attached hydrogens (tertiary/aromatic N) is 3. The lowest BCUT2D eigenvalue weighted by Crippen LogP contribution is -2.42. The molecule has 0 aliphatic carbocycles. The highest BCUT2D eigenvalue weighted by Crippen LogP contribution is 2.22. The molecule has 1 aliphatic heterocycles. The van der Waals surface area contributed by atoms with Gasteiger partial charge in [-0.1, -0.05) is 0 Å². The van der Waals surface area contributed by atoms with Gasteiger partial charge in [-0.25, -0.2) is 4.79 Å².